The predicted molar refractivity (Wildman–Crippen MR) is 92.6 cm³/mol. The standard InChI is InChI=1S/C20H17F3N2O2/c21-20(22,23)19(11-12-19)18(26)25-17-15(13-7-3-1-4-8-13)24-16(27-17)14-9-5-2-6-10-14/h1-10,16,24H,11-12H2,(H,25,26). The van der Waals surface area contributed by atoms with E-state index in [0.29, 0.717) is 11.3 Å². The Morgan fingerprint density at radius 2 is 1.63 bits per heavy atom. The second-order valence-electron chi connectivity index (χ2n) is 6.66. The van der Waals surface area contributed by atoms with Crippen molar-refractivity contribution < 1.29 is 22.7 Å². The number of amides is 1. The van der Waals surface area contributed by atoms with Gasteiger partial charge < -0.3 is 10.1 Å². The van der Waals surface area contributed by atoms with Gasteiger partial charge in [0, 0.05) is 11.1 Å². The SMILES string of the molecule is O=C(NC1=C(c2ccccc2)NC(c2ccccc2)O1)C1(C(F)(F)F)CC1. The van der Waals surface area contributed by atoms with E-state index in [-0.39, 0.29) is 18.7 Å². The van der Waals surface area contributed by atoms with Gasteiger partial charge in [0.1, 0.15) is 11.1 Å². The van der Waals surface area contributed by atoms with E-state index >= 15 is 0 Å². The van der Waals surface area contributed by atoms with Crippen molar-refractivity contribution in [1.82, 2.24) is 10.6 Å². The van der Waals surface area contributed by atoms with Gasteiger partial charge in [0.2, 0.25) is 11.8 Å². The Kier molecular flexibility index (Phi) is 4.09. The topological polar surface area (TPSA) is 50.4 Å². The van der Waals surface area contributed by atoms with Crippen LogP contribution < -0.4 is 10.6 Å². The zero-order valence-corrected chi connectivity index (χ0v) is 14.2. The van der Waals surface area contributed by atoms with E-state index in [2.05, 4.69) is 10.6 Å². The van der Waals surface area contributed by atoms with Gasteiger partial charge in [0.25, 0.3) is 0 Å². The molecule has 2 aromatic carbocycles. The minimum absolute atomic E-state index is 0.00979. The molecule has 1 fully saturated rings. The fraction of sp³-hybridized carbons (Fsp3) is 0.250. The highest BCUT2D eigenvalue weighted by molar-refractivity contribution is 5.89. The van der Waals surface area contributed by atoms with Gasteiger partial charge in [-0.2, -0.15) is 13.2 Å². The van der Waals surface area contributed by atoms with Crippen LogP contribution in [0.4, 0.5) is 13.2 Å². The van der Waals surface area contributed by atoms with Crippen LogP contribution in [-0.2, 0) is 9.53 Å². The third-order valence-electron chi connectivity index (χ3n) is 4.86. The van der Waals surface area contributed by atoms with Gasteiger partial charge in [-0.3, -0.25) is 10.1 Å². The summed E-state index contributed by atoms with van der Waals surface area (Å²) in [6.07, 6.45) is -5.58. The van der Waals surface area contributed by atoms with Crippen molar-refractivity contribution in [2.24, 2.45) is 5.41 Å². The number of halogens is 3. The zero-order valence-electron chi connectivity index (χ0n) is 14.2. The molecule has 7 heteroatoms. The summed E-state index contributed by atoms with van der Waals surface area (Å²) in [6.45, 7) is 0. The molecular formula is C20H17F3N2O2. The molecule has 1 saturated carbocycles. The van der Waals surface area contributed by atoms with Crippen molar-refractivity contribution in [3.05, 3.63) is 77.7 Å². The smallest absolute Gasteiger partial charge is 0.403 e. The number of ether oxygens (including phenoxy) is 1. The normalized spacial score (nSPS) is 20.6. The van der Waals surface area contributed by atoms with Gasteiger partial charge in [-0.1, -0.05) is 60.7 Å². The van der Waals surface area contributed by atoms with E-state index in [1.54, 1.807) is 24.3 Å². The van der Waals surface area contributed by atoms with E-state index < -0.39 is 23.7 Å². The molecule has 0 spiro atoms. The summed E-state index contributed by atoms with van der Waals surface area (Å²) in [4.78, 5) is 12.4. The Bertz CT molecular complexity index is 875. The maximum atomic E-state index is 13.2. The predicted octanol–water partition coefficient (Wildman–Crippen LogP) is 4.09. The first-order valence-corrected chi connectivity index (χ1v) is 8.57. The molecule has 1 amide bonds. The number of carbonyl (C=O) groups is 1. The van der Waals surface area contributed by atoms with Crippen LogP contribution >= 0.6 is 0 Å². The lowest BCUT2D eigenvalue weighted by Crippen LogP contribution is -2.41. The molecule has 0 aromatic heterocycles. The summed E-state index contributed by atoms with van der Waals surface area (Å²) in [7, 11) is 0. The molecule has 1 aliphatic heterocycles. The number of alkyl halides is 3. The molecule has 27 heavy (non-hydrogen) atoms. The summed E-state index contributed by atoms with van der Waals surface area (Å²) in [5.74, 6) is -1.07. The highest BCUT2D eigenvalue weighted by Gasteiger charge is 2.68. The molecule has 1 aliphatic carbocycles. The van der Waals surface area contributed by atoms with Gasteiger partial charge in [0.15, 0.2) is 6.23 Å². The van der Waals surface area contributed by atoms with Crippen LogP contribution in [0, 0.1) is 5.41 Å². The lowest BCUT2D eigenvalue weighted by Gasteiger charge is -2.19. The van der Waals surface area contributed by atoms with Crippen molar-refractivity contribution in [2.45, 2.75) is 25.2 Å². The molecule has 2 aromatic rings. The van der Waals surface area contributed by atoms with Crippen LogP contribution in [0.25, 0.3) is 5.70 Å². The van der Waals surface area contributed by atoms with Gasteiger partial charge in [-0.25, -0.2) is 0 Å². The Balaban J connectivity index is 1.63. The van der Waals surface area contributed by atoms with Crippen molar-refractivity contribution in [2.75, 3.05) is 0 Å². The summed E-state index contributed by atoms with van der Waals surface area (Å²) in [5, 5.41) is 5.52. The second kappa shape index (κ2) is 6.33. The molecule has 1 heterocycles. The zero-order chi connectivity index (χ0) is 19.1. The minimum Gasteiger partial charge on any atom is -0.449 e. The van der Waals surface area contributed by atoms with Crippen molar-refractivity contribution in [3.8, 4) is 0 Å². The number of hydrogen-bond acceptors (Lipinski definition) is 3. The highest BCUT2D eigenvalue weighted by atomic mass is 19.4. The first-order chi connectivity index (χ1) is 12.9. The summed E-state index contributed by atoms with van der Waals surface area (Å²) < 4.78 is 45.5. The van der Waals surface area contributed by atoms with Crippen LogP contribution in [0.2, 0.25) is 0 Å². The van der Waals surface area contributed by atoms with E-state index in [1.165, 1.54) is 0 Å². The Labute approximate surface area is 154 Å². The molecule has 1 atom stereocenters. The summed E-state index contributed by atoms with van der Waals surface area (Å²) in [5.41, 5.74) is -0.346. The number of rotatable bonds is 4. The summed E-state index contributed by atoms with van der Waals surface area (Å²) in [6, 6.07) is 18.2. The van der Waals surface area contributed by atoms with Gasteiger partial charge in [0.05, 0.1) is 0 Å². The molecule has 4 rings (SSSR count). The first kappa shape index (κ1) is 17.5. The van der Waals surface area contributed by atoms with Crippen molar-refractivity contribution in [1.29, 1.82) is 0 Å². The molecular weight excluding hydrogens is 357 g/mol. The van der Waals surface area contributed by atoms with Crippen LogP contribution in [0.15, 0.2) is 66.5 Å². The van der Waals surface area contributed by atoms with Crippen molar-refractivity contribution >= 4 is 11.6 Å². The maximum absolute atomic E-state index is 13.2. The molecule has 140 valence electrons. The van der Waals surface area contributed by atoms with Crippen LogP contribution in [0.1, 0.15) is 30.2 Å². The number of carbonyl (C=O) groups excluding carboxylic acids is 1. The Morgan fingerprint density at radius 3 is 2.19 bits per heavy atom. The van der Waals surface area contributed by atoms with E-state index in [0.717, 1.165) is 5.56 Å². The van der Waals surface area contributed by atoms with E-state index in [4.69, 9.17) is 4.74 Å². The quantitative estimate of drug-likeness (QED) is 0.848. The average molecular weight is 374 g/mol. The molecule has 1 unspecified atom stereocenters. The molecule has 0 saturated heterocycles. The van der Waals surface area contributed by atoms with Crippen LogP contribution in [0.3, 0.4) is 0 Å². The third-order valence-corrected chi connectivity index (χ3v) is 4.86. The lowest BCUT2D eigenvalue weighted by molar-refractivity contribution is -0.192. The van der Waals surface area contributed by atoms with Gasteiger partial charge >= 0.3 is 6.18 Å². The minimum atomic E-state index is -4.57. The number of nitrogens with one attached hydrogen (secondary N) is 2. The largest absolute Gasteiger partial charge is 0.449 e. The lowest BCUT2D eigenvalue weighted by atomic mass is 10.1. The maximum Gasteiger partial charge on any atom is 0.403 e. The Hall–Kier alpha value is -2.96. The second-order valence-corrected chi connectivity index (χ2v) is 6.66. The first-order valence-electron chi connectivity index (χ1n) is 8.57. The summed E-state index contributed by atoms with van der Waals surface area (Å²) >= 11 is 0. The van der Waals surface area contributed by atoms with Crippen LogP contribution in [0.5, 0.6) is 0 Å². The van der Waals surface area contributed by atoms with E-state index in [9.17, 15) is 18.0 Å². The molecule has 2 aliphatic rings. The average Bonchev–Trinajstić information content (AvgIpc) is 3.40. The van der Waals surface area contributed by atoms with Crippen molar-refractivity contribution in [3.63, 3.8) is 0 Å². The van der Waals surface area contributed by atoms with Gasteiger partial charge in [-0.15, -0.1) is 0 Å². The fourth-order valence-electron chi connectivity index (χ4n) is 3.08. The molecule has 0 radical (unpaired) electrons. The third kappa shape index (κ3) is 3.13. The highest BCUT2D eigenvalue weighted by Crippen LogP contribution is 2.57. The number of hydrogen-bond donors (Lipinski definition) is 2. The number of benzene rings is 2. The Morgan fingerprint density at radius 1 is 1.04 bits per heavy atom. The molecule has 4 nitrogen and oxygen atoms in total. The monoisotopic (exact) mass is 374 g/mol. The fourth-order valence-corrected chi connectivity index (χ4v) is 3.08. The van der Waals surface area contributed by atoms with E-state index in [1.807, 2.05) is 36.4 Å². The molecule has 0 bridgehead atoms. The van der Waals surface area contributed by atoms with Crippen LogP contribution in [-0.4, -0.2) is 12.1 Å². The molecule has 2 N–H and O–H groups in total. The van der Waals surface area contributed by atoms with Gasteiger partial charge in [-0.05, 0) is 12.8 Å².